The molecule has 2 aromatic rings. The van der Waals surface area contributed by atoms with Crippen molar-refractivity contribution in [2.45, 2.75) is 20.0 Å². The zero-order valence-corrected chi connectivity index (χ0v) is 12.7. The molecule has 0 heterocycles. The van der Waals surface area contributed by atoms with Crippen molar-refractivity contribution in [1.82, 2.24) is 0 Å². The molecule has 22 heavy (non-hydrogen) atoms. The normalized spacial score (nSPS) is 10.6. The van der Waals surface area contributed by atoms with Gasteiger partial charge in [0.05, 0.1) is 22.4 Å². The van der Waals surface area contributed by atoms with E-state index in [0.29, 0.717) is 11.4 Å². The molecule has 116 valence electrons. The van der Waals surface area contributed by atoms with Crippen molar-refractivity contribution in [3.8, 4) is 5.75 Å². The number of nitrogens with one attached hydrogen (secondary N) is 1. The fourth-order valence-electron chi connectivity index (χ4n) is 1.81. The van der Waals surface area contributed by atoms with E-state index in [1.807, 2.05) is 13.8 Å². The molecule has 1 amide bonds. The van der Waals surface area contributed by atoms with E-state index in [0.717, 1.165) is 12.1 Å². The molecular weight excluding hydrogens is 312 g/mol. The number of benzene rings is 2. The smallest absolute Gasteiger partial charge is 0.257 e. The monoisotopic (exact) mass is 325 g/mol. The van der Waals surface area contributed by atoms with Gasteiger partial charge in [0.2, 0.25) is 0 Å². The van der Waals surface area contributed by atoms with Gasteiger partial charge in [-0.1, -0.05) is 23.7 Å². The molecule has 2 aromatic carbocycles. The van der Waals surface area contributed by atoms with Gasteiger partial charge >= 0.3 is 0 Å². The number of hydrogen-bond acceptors (Lipinski definition) is 2. The minimum Gasteiger partial charge on any atom is -0.489 e. The molecule has 2 rings (SSSR count). The van der Waals surface area contributed by atoms with Crippen molar-refractivity contribution < 1.29 is 18.3 Å². The van der Waals surface area contributed by atoms with Gasteiger partial charge in [0.1, 0.15) is 5.75 Å². The predicted octanol–water partition coefficient (Wildman–Crippen LogP) is 4.66. The zero-order valence-electron chi connectivity index (χ0n) is 12.0. The largest absolute Gasteiger partial charge is 0.489 e. The van der Waals surface area contributed by atoms with E-state index in [2.05, 4.69) is 5.32 Å². The molecule has 0 aliphatic heterocycles. The Morgan fingerprint density at radius 3 is 2.50 bits per heavy atom. The number of amides is 1. The van der Waals surface area contributed by atoms with Crippen LogP contribution in [0.25, 0.3) is 0 Å². The van der Waals surface area contributed by atoms with E-state index in [9.17, 15) is 13.6 Å². The minimum atomic E-state index is -1.14. The highest BCUT2D eigenvalue weighted by Gasteiger charge is 2.16. The Balaban J connectivity index is 2.28. The molecule has 0 aliphatic carbocycles. The van der Waals surface area contributed by atoms with Crippen LogP contribution in [-0.2, 0) is 0 Å². The summed E-state index contributed by atoms with van der Waals surface area (Å²) in [5.74, 6) is -2.42. The van der Waals surface area contributed by atoms with E-state index in [-0.39, 0.29) is 16.7 Å². The van der Waals surface area contributed by atoms with Crippen LogP contribution in [0.1, 0.15) is 24.2 Å². The number of carbonyl (C=O) groups is 1. The highest BCUT2D eigenvalue weighted by Crippen LogP contribution is 2.27. The fraction of sp³-hybridized carbons (Fsp3) is 0.188. The summed E-state index contributed by atoms with van der Waals surface area (Å²) < 4.78 is 31.9. The SMILES string of the molecule is CC(C)Oc1ccccc1NC(=O)c1cc(F)c(F)cc1Cl. The number of rotatable bonds is 4. The molecule has 0 aliphatic rings. The first kappa shape index (κ1) is 16.2. The Kier molecular flexibility index (Phi) is 4.98. The highest BCUT2D eigenvalue weighted by molar-refractivity contribution is 6.34. The maximum absolute atomic E-state index is 13.3. The Morgan fingerprint density at radius 1 is 1.18 bits per heavy atom. The van der Waals surface area contributed by atoms with E-state index in [4.69, 9.17) is 16.3 Å². The summed E-state index contributed by atoms with van der Waals surface area (Å²) in [6.45, 7) is 3.70. The lowest BCUT2D eigenvalue weighted by atomic mass is 10.2. The van der Waals surface area contributed by atoms with Crippen molar-refractivity contribution in [3.63, 3.8) is 0 Å². The maximum Gasteiger partial charge on any atom is 0.257 e. The third kappa shape index (κ3) is 3.74. The number of ether oxygens (including phenoxy) is 1. The van der Waals surface area contributed by atoms with Crippen LogP contribution < -0.4 is 10.1 Å². The van der Waals surface area contributed by atoms with Crippen LogP contribution in [0.5, 0.6) is 5.75 Å². The maximum atomic E-state index is 13.3. The lowest BCUT2D eigenvalue weighted by molar-refractivity contribution is 0.102. The molecule has 0 aromatic heterocycles. The van der Waals surface area contributed by atoms with Gasteiger partial charge in [-0.25, -0.2) is 8.78 Å². The van der Waals surface area contributed by atoms with Gasteiger partial charge in [-0.3, -0.25) is 4.79 Å². The summed E-state index contributed by atoms with van der Waals surface area (Å²) >= 11 is 5.79. The van der Waals surface area contributed by atoms with Gasteiger partial charge in [-0.15, -0.1) is 0 Å². The van der Waals surface area contributed by atoms with Gasteiger partial charge in [-0.05, 0) is 38.1 Å². The van der Waals surface area contributed by atoms with E-state index >= 15 is 0 Å². The first-order chi connectivity index (χ1) is 10.4. The van der Waals surface area contributed by atoms with Gasteiger partial charge in [0, 0.05) is 0 Å². The lowest BCUT2D eigenvalue weighted by Crippen LogP contribution is -2.15. The van der Waals surface area contributed by atoms with Crippen LogP contribution >= 0.6 is 11.6 Å². The van der Waals surface area contributed by atoms with Crippen molar-refractivity contribution in [1.29, 1.82) is 0 Å². The summed E-state index contributed by atoms with van der Waals surface area (Å²) in [5, 5.41) is 2.41. The average Bonchev–Trinajstić information content (AvgIpc) is 2.44. The zero-order chi connectivity index (χ0) is 16.3. The van der Waals surface area contributed by atoms with Crippen molar-refractivity contribution in [3.05, 3.63) is 58.6 Å². The molecule has 0 saturated heterocycles. The molecule has 0 saturated carbocycles. The second-order valence-electron chi connectivity index (χ2n) is 4.86. The quantitative estimate of drug-likeness (QED) is 0.830. The van der Waals surface area contributed by atoms with E-state index in [1.54, 1.807) is 24.3 Å². The van der Waals surface area contributed by atoms with Crippen LogP contribution in [0.4, 0.5) is 14.5 Å². The average molecular weight is 326 g/mol. The Labute approximate surface area is 131 Å². The van der Waals surface area contributed by atoms with Gasteiger partial charge in [-0.2, -0.15) is 0 Å². The van der Waals surface area contributed by atoms with E-state index < -0.39 is 17.5 Å². The summed E-state index contributed by atoms with van der Waals surface area (Å²) in [6.07, 6.45) is -0.0788. The summed E-state index contributed by atoms with van der Waals surface area (Å²) in [6, 6.07) is 8.35. The van der Waals surface area contributed by atoms with Crippen LogP contribution in [-0.4, -0.2) is 12.0 Å². The standard InChI is InChI=1S/C16H14ClF2NO2/c1-9(2)22-15-6-4-3-5-14(15)20-16(21)10-7-12(18)13(19)8-11(10)17/h3-9H,1-2H3,(H,20,21). The Morgan fingerprint density at radius 2 is 1.82 bits per heavy atom. The Hall–Kier alpha value is -2.14. The third-order valence-corrected chi connectivity index (χ3v) is 3.07. The van der Waals surface area contributed by atoms with Crippen LogP contribution in [0.2, 0.25) is 5.02 Å². The van der Waals surface area contributed by atoms with Crippen molar-refractivity contribution in [2.75, 3.05) is 5.32 Å². The van der Waals surface area contributed by atoms with Gasteiger partial charge < -0.3 is 10.1 Å². The van der Waals surface area contributed by atoms with E-state index in [1.165, 1.54) is 0 Å². The van der Waals surface area contributed by atoms with Gasteiger partial charge in [0.15, 0.2) is 11.6 Å². The topological polar surface area (TPSA) is 38.3 Å². The first-order valence-corrected chi connectivity index (χ1v) is 6.98. The predicted molar refractivity (Wildman–Crippen MR) is 81.5 cm³/mol. The molecule has 3 nitrogen and oxygen atoms in total. The minimum absolute atomic E-state index is 0.0788. The molecule has 1 N–H and O–H groups in total. The van der Waals surface area contributed by atoms with Crippen LogP contribution in [0.15, 0.2) is 36.4 Å². The van der Waals surface area contributed by atoms with Crippen LogP contribution in [0.3, 0.4) is 0 Å². The summed E-state index contributed by atoms with van der Waals surface area (Å²) in [4.78, 5) is 12.2. The lowest BCUT2D eigenvalue weighted by Gasteiger charge is -2.15. The molecule has 0 fully saturated rings. The molecule has 6 heteroatoms. The summed E-state index contributed by atoms with van der Waals surface area (Å²) in [7, 11) is 0. The Bertz CT molecular complexity index is 705. The number of halogens is 3. The number of hydrogen-bond donors (Lipinski definition) is 1. The van der Waals surface area contributed by atoms with Crippen molar-refractivity contribution >= 4 is 23.2 Å². The third-order valence-electron chi connectivity index (χ3n) is 2.75. The molecule has 0 atom stereocenters. The molecule has 0 bridgehead atoms. The molecule has 0 unspecified atom stereocenters. The molecule has 0 spiro atoms. The van der Waals surface area contributed by atoms with Gasteiger partial charge in [0.25, 0.3) is 5.91 Å². The van der Waals surface area contributed by atoms with Crippen molar-refractivity contribution in [2.24, 2.45) is 0 Å². The summed E-state index contributed by atoms with van der Waals surface area (Å²) in [5.41, 5.74) is 0.266. The van der Waals surface area contributed by atoms with Crippen LogP contribution in [0, 0.1) is 11.6 Å². The number of carbonyl (C=O) groups excluding carboxylic acids is 1. The molecule has 0 radical (unpaired) electrons. The second-order valence-corrected chi connectivity index (χ2v) is 5.27. The number of para-hydroxylation sites is 2. The number of anilines is 1. The molecular formula is C16H14ClF2NO2. The second kappa shape index (κ2) is 6.75. The fourth-order valence-corrected chi connectivity index (χ4v) is 2.05. The highest BCUT2D eigenvalue weighted by atomic mass is 35.5. The first-order valence-electron chi connectivity index (χ1n) is 6.60.